The Hall–Kier alpha value is -0.540. The fraction of sp³-hybridized carbons (Fsp3) is 0.500. The van der Waals surface area contributed by atoms with E-state index in [1.807, 2.05) is 18.2 Å². The summed E-state index contributed by atoms with van der Waals surface area (Å²) in [5, 5.41) is 9.87. The first-order valence-electron chi connectivity index (χ1n) is 5.21. The van der Waals surface area contributed by atoms with E-state index in [9.17, 15) is 5.11 Å². The van der Waals surface area contributed by atoms with Gasteiger partial charge < -0.3 is 9.84 Å². The van der Waals surface area contributed by atoms with E-state index in [2.05, 4.69) is 15.9 Å². The van der Waals surface area contributed by atoms with Gasteiger partial charge in [-0.15, -0.1) is 0 Å². The fourth-order valence-corrected chi connectivity index (χ4v) is 2.12. The van der Waals surface area contributed by atoms with E-state index in [1.165, 1.54) is 12.8 Å². The van der Waals surface area contributed by atoms with Crippen molar-refractivity contribution in [1.29, 1.82) is 0 Å². The van der Waals surface area contributed by atoms with E-state index in [-0.39, 0.29) is 6.10 Å². The molecule has 0 bridgehead atoms. The molecule has 0 heterocycles. The molecule has 1 saturated carbocycles. The molecule has 0 amide bonds. The maximum absolute atomic E-state index is 9.87. The summed E-state index contributed by atoms with van der Waals surface area (Å²) in [4.78, 5) is 0. The molecule has 1 fully saturated rings. The van der Waals surface area contributed by atoms with Gasteiger partial charge in [-0.05, 0) is 48.9 Å². The van der Waals surface area contributed by atoms with E-state index in [4.69, 9.17) is 4.74 Å². The van der Waals surface area contributed by atoms with Crippen molar-refractivity contribution in [3.63, 3.8) is 0 Å². The Labute approximate surface area is 98.4 Å². The zero-order valence-electron chi connectivity index (χ0n) is 8.74. The van der Waals surface area contributed by atoms with Gasteiger partial charge in [0.1, 0.15) is 5.75 Å². The van der Waals surface area contributed by atoms with Gasteiger partial charge in [-0.3, -0.25) is 0 Å². The Morgan fingerprint density at radius 1 is 1.53 bits per heavy atom. The predicted molar refractivity (Wildman–Crippen MR) is 63.1 cm³/mol. The van der Waals surface area contributed by atoms with Crippen LogP contribution in [-0.4, -0.2) is 18.3 Å². The minimum Gasteiger partial charge on any atom is -0.497 e. The van der Waals surface area contributed by atoms with E-state index in [0.717, 1.165) is 15.8 Å². The summed E-state index contributed by atoms with van der Waals surface area (Å²) < 4.78 is 6.21. The second-order valence-electron chi connectivity index (χ2n) is 4.07. The molecule has 0 radical (unpaired) electrons. The van der Waals surface area contributed by atoms with Crippen LogP contribution in [0.5, 0.6) is 5.75 Å². The summed E-state index contributed by atoms with van der Waals surface area (Å²) in [5.74, 6) is 1.36. The highest BCUT2D eigenvalue weighted by molar-refractivity contribution is 9.10. The third kappa shape index (κ3) is 2.73. The van der Waals surface area contributed by atoms with Crippen LogP contribution in [0.3, 0.4) is 0 Å². The molecule has 1 aromatic carbocycles. The summed E-state index contributed by atoms with van der Waals surface area (Å²) in [6.07, 6.45) is 2.85. The standard InChI is InChI=1S/C12H15BrO2/c1-15-10-4-5-11(13)9(6-10)7-12(14)8-2-3-8/h4-6,8,12,14H,2-3,7H2,1H3. The van der Waals surface area contributed by atoms with Gasteiger partial charge in [0.15, 0.2) is 0 Å². The summed E-state index contributed by atoms with van der Waals surface area (Å²) in [6.45, 7) is 0. The van der Waals surface area contributed by atoms with E-state index < -0.39 is 0 Å². The van der Waals surface area contributed by atoms with Gasteiger partial charge in [0.05, 0.1) is 13.2 Å². The lowest BCUT2D eigenvalue weighted by Gasteiger charge is -2.11. The van der Waals surface area contributed by atoms with Gasteiger partial charge in [-0.2, -0.15) is 0 Å². The number of ether oxygens (including phenoxy) is 1. The molecule has 0 saturated heterocycles. The number of aliphatic hydroxyl groups excluding tert-OH is 1. The van der Waals surface area contributed by atoms with Crippen LogP contribution in [0.1, 0.15) is 18.4 Å². The van der Waals surface area contributed by atoms with Gasteiger partial charge in [0.25, 0.3) is 0 Å². The van der Waals surface area contributed by atoms with Crippen LogP contribution >= 0.6 is 15.9 Å². The maximum Gasteiger partial charge on any atom is 0.119 e. The van der Waals surface area contributed by atoms with Crippen LogP contribution in [0.4, 0.5) is 0 Å². The summed E-state index contributed by atoms with van der Waals surface area (Å²) in [6, 6.07) is 5.86. The number of rotatable bonds is 4. The van der Waals surface area contributed by atoms with Gasteiger partial charge in [0, 0.05) is 4.47 Å². The molecule has 2 nitrogen and oxygen atoms in total. The zero-order chi connectivity index (χ0) is 10.8. The SMILES string of the molecule is COc1ccc(Br)c(CC(O)C2CC2)c1. The summed E-state index contributed by atoms with van der Waals surface area (Å²) in [5.41, 5.74) is 1.12. The van der Waals surface area contributed by atoms with Crippen LogP contribution in [0, 0.1) is 5.92 Å². The molecule has 1 unspecified atom stereocenters. The van der Waals surface area contributed by atoms with Crippen LogP contribution in [0.25, 0.3) is 0 Å². The average Bonchev–Trinajstić information content (AvgIpc) is 3.04. The predicted octanol–water partition coefficient (Wildman–Crippen LogP) is 2.77. The third-order valence-corrected chi connectivity index (χ3v) is 3.62. The molecule has 1 aromatic rings. The second-order valence-corrected chi connectivity index (χ2v) is 4.92. The highest BCUT2D eigenvalue weighted by Crippen LogP contribution is 2.35. The Morgan fingerprint density at radius 3 is 2.87 bits per heavy atom. The van der Waals surface area contributed by atoms with E-state index in [1.54, 1.807) is 7.11 Å². The summed E-state index contributed by atoms with van der Waals surface area (Å²) >= 11 is 3.49. The molecule has 0 aromatic heterocycles. The monoisotopic (exact) mass is 270 g/mol. The molecule has 15 heavy (non-hydrogen) atoms. The topological polar surface area (TPSA) is 29.5 Å². The lowest BCUT2D eigenvalue weighted by Crippen LogP contribution is -2.13. The first-order valence-corrected chi connectivity index (χ1v) is 6.00. The van der Waals surface area contributed by atoms with Crippen molar-refractivity contribution in [3.05, 3.63) is 28.2 Å². The van der Waals surface area contributed by atoms with Crippen LogP contribution in [0.2, 0.25) is 0 Å². The number of aliphatic hydroxyl groups is 1. The second kappa shape index (κ2) is 4.54. The minimum absolute atomic E-state index is 0.201. The Kier molecular flexibility index (Phi) is 3.32. The molecule has 1 N–H and O–H groups in total. The van der Waals surface area contributed by atoms with Gasteiger partial charge in [0.2, 0.25) is 0 Å². The molecule has 82 valence electrons. The van der Waals surface area contributed by atoms with Crippen LogP contribution in [0.15, 0.2) is 22.7 Å². The molecule has 1 aliphatic carbocycles. The number of methoxy groups -OCH3 is 1. The first kappa shape index (κ1) is 11.0. The highest BCUT2D eigenvalue weighted by atomic mass is 79.9. The molecule has 1 aliphatic rings. The fourth-order valence-electron chi connectivity index (χ4n) is 1.71. The molecule has 1 atom stereocenters. The minimum atomic E-state index is -0.201. The molecular formula is C12H15BrO2. The molecule has 0 spiro atoms. The zero-order valence-corrected chi connectivity index (χ0v) is 10.3. The van der Waals surface area contributed by atoms with Crippen LogP contribution in [-0.2, 0) is 6.42 Å². The van der Waals surface area contributed by atoms with Gasteiger partial charge in [-0.1, -0.05) is 15.9 Å². The molecule has 3 heteroatoms. The molecular weight excluding hydrogens is 256 g/mol. The average molecular weight is 271 g/mol. The van der Waals surface area contributed by atoms with Crippen molar-refractivity contribution in [2.24, 2.45) is 5.92 Å². The van der Waals surface area contributed by atoms with E-state index in [0.29, 0.717) is 12.3 Å². The Bertz CT molecular complexity index is 347. The lowest BCUT2D eigenvalue weighted by atomic mass is 10.0. The Morgan fingerprint density at radius 2 is 2.27 bits per heavy atom. The number of hydrogen-bond donors (Lipinski definition) is 1. The third-order valence-electron chi connectivity index (χ3n) is 2.85. The van der Waals surface area contributed by atoms with Crippen molar-refractivity contribution in [1.82, 2.24) is 0 Å². The number of halogens is 1. The van der Waals surface area contributed by atoms with Crippen LogP contribution < -0.4 is 4.74 Å². The van der Waals surface area contributed by atoms with Crippen molar-refractivity contribution in [2.45, 2.75) is 25.4 Å². The van der Waals surface area contributed by atoms with Crippen molar-refractivity contribution < 1.29 is 9.84 Å². The first-order chi connectivity index (χ1) is 7.20. The number of hydrogen-bond acceptors (Lipinski definition) is 2. The lowest BCUT2D eigenvalue weighted by molar-refractivity contribution is 0.151. The maximum atomic E-state index is 9.87. The van der Waals surface area contributed by atoms with Crippen molar-refractivity contribution in [2.75, 3.05) is 7.11 Å². The Balaban J connectivity index is 2.11. The largest absolute Gasteiger partial charge is 0.497 e. The molecule has 0 aliphatic heterocycles. The van der Waals surface area contributed by atoms with Crippen molar-refractivity contribution in [3.8, 4) is 5.75 Å². The smallest absolute Gasteiger partial charge is 0.119 e. The van der Waals surface area contributed by atoms with Gasteiger partial charge >= 0.3 is 0 Å². The van der Waals surface area contributed by atoms with Crippen molar-refractivity contribution >= 4 is 15.9 Å². The quantitative estimate of drug-likeness (QED) is 0.912. The number of benzene rings is 1. The van der Waals surface area contributed by atoms with Gasteiger partial charge in [-0.25, -0.2) is 0 Å². The highest BCUT2D eigenvalue weighted by Gasteiger charge is 2.29. The van der Waals surface area contributed by atoms with E-state index >= 15 is 0 Å². The summed E-state index contributed by atoms with van der Waals surface area (Å²) in [7, 11) is 1.66. The molecule has 2 rings (SSSR count). The normalized spacial score (nSPS) is 17.5.